The summed E-state index contributed by atoms with van der Waals surface area (Å²) in [7, 11) is 0. The third kappa shape index (κ3) is 2.48. The normalized spacial score (nSPS) is 19.9. The molecular weight excluding hydrogens is 240 g/mol. The van der Waals surface area contributed by atoms with Gasteiger partial charge in [-0.2, -0.15) is 5.10 Å². The maximum Gasteiger partial charge on any atom is 0.160 e. The molecule has 0 saturated carbocycles. The second kappa shape index (κ2) is 5.29. The Hall–Kier alpha value is -1.40. The molecule has 0 spiro atoms. The topological polar surface area (TPSA) is 78.5 Å². The molecule has 0 bridgehead atoms. The van der Waals surface area contributed by atoms with Crippen LogP contribution in [0, 0.1) is 0 Å². The molecule has 0 radical (unpaired) electrons. The average Bonchev–Trinajstić information content (AvgIpc) is 2.80. The highest BCUT2D eigenvalue weighted by Crippen LogP contribution is 2.18. The minimum atomic E-state index is 0. The molecule has 1 fully saturated rings. The van der Waals surface area contributed by atoms with Gasteiger partial charge in [0.05, 0.1) is 11.6 Å². The third-order valence-electron chi connectivity index (χ3n) is 2.89. The van der Waals surface area contributed by atoms with Crippen LogP contribution in [0.25, 0.3) is 11.0 Å². The van der Waals surface area contributed by atoms with E-state index in [2.05, 4.69) is 30.8 Å². The smallest absolute Gasteiger partial charge is 0.160 e. The maximum absolute atomic E-state index is 4.26. The SMILES string of the molecule is Cl.c1nc(N[C@@H]2CCCNC2)c2cn[nH]c2n1. The van der Waals surface area contributed by atoms with Gasteiger partial charge < -0.3 is 10.6 Å². The summed E-state index contributed by atoms with van der Waals surface area (Å²) in [5, 5.41) is 14.6. The summed E-state index contributed by atoms with van der Waals surface area (Å²) in [6.07, 6.45) is 5.70. The number of hydrogen-bond donors (Lipinski definition) is 3. The Bertz CT molecular complexity index is 478. The molecular formula is C10H15ClN6. The highest BCUT2D eigenvalue weighted by Gasteiger charge is 2.14. The molecule has 1 saturated heterocycles. The van der Waals surface area contributed by atoms with Crippen molar-refractivity contribution in [3.63, 3.8) is 0 Å². The lowest BCUT2D eigenvalue weighted by molar-refractivity contribution is 0.479. The van der Waals surface area contributed by atoms with Crippen LogP contribution in [0.4, 0.5) is 5.82 Å². The Balaban J connectivity index is 0.00000108. The van der Waals surface area contributed by atoms with Crippen LogP contribution in [0.2, 0.25) is 0 Å². The van der Waals surface area contributed by atoms with Gasteiger partial charge in [-0.1, -0.05) is 0 Å². The van der Waals surface area contributed by atoms with E-state index in [4.69, 9.17) is 0 Å². The molecule has 92 valence electrons. The van der Waals surface area contributed by atoms with Crippen molar-refractivity contribution in [2.24, 2.45) is 0 Å². The fraction of sp³-hybridized carbons (Fsp3) is 0.500. The maximum atomic E-state index is 4.26. The van der Waals surface area contributed by atoms with Gasteiger partial charge in [0.2, 0.25) is 0 Å². The monoisotopic (exact) mass is 254 g/mol. The number of rotatable bonds is 2. The number of nitrogens with one attached hydrogen (secondary N) is 3. The molecule has 2 aromatic heterocycles. The lowest BCUT2D eigenvalue weighted by Gasteiger charge is -2.24. The number of nitrogens with zero attached hydrogens (tertiary/aromatic N) is 3. The van der Waals surface area contributed by atoms with Gasteiger partial charge in [0.25, 0.3) is 0 Å². The molecule has 0 amide bonds. The first-order chi connectivity index (χ1) is 7.93. The minimum Gasteiger partial charge on any atom is -0.365 e. The van der Waals surface area contributed by atoms with Gasteiger partial charge in [-0.05, 0) is 19.4 Å². The molecule has 1 aliphatic heterocycles. The summed E-state index contributed by atoms with van der Waals surface area (Å²) in [5.74, 6) is 0.868. The lowest BCUT2D eigenvalue weighted by Crippen LogP contribution is -2.38. The van der Waals surface area contributed by atoms with Crippen LogP contribution in [0.5, 0.6) is 0 Å². The Morgan fingerprint density at radius 3 is 3.12 bits per heavy atom. The molecule has 0 unspecified atom stereocenters. The van der Waals surface area contributed by atoms with Crippen LogP contribution in [0.15, 0.2) is 12.5 Å². The van der Waals surface area contributed by atoms with Crippen molar-refractivity contribution < 1.29 is 0 Å². The number of anilines is 1. The van der Waals surface area contributed by atoms with Crippen molar-refractivity contribution in [1.82, 2.24) is 25.5 Å². The summed E-state index contributed by atoms with van der Waals surface area (Å²) in [5.41, 5.74) is 0.779. The van der Waals surface area contributed by atoms with Crippen LogP contribution in [0.3, 0.4) is 0 Å². The zero-order valence-corrected chi connectivity index (χ0v) is 10.1. The van der Waals surface area contributed by atoms with Crippen molar-refractivity contribution in [3.8, 4) is 0 Å². The number of hydrogen-bond acceptors (Lipinski definition) is 5. The quantitative estimate of drug-likeness (QED) is 0.743. The van der Waals surface area contributed by atoms with E-state index in [0.717, 1.165) is 29.9 Å². The molecule has 1 aliphatic rings. The van der Waals surface area contributed by atoms with E-state index in [1.807, 2.05) is 0 Å². The van der Waals surface area contributed by atoms with E-state index in [0.29, 0.717) is 6.04 Å². The van der Waals surface area contributed by atoms with E-state index in [1.54, 1.807) is 12.5 Å². The van der Waals surface area contributed by atoms with Crippen LogP contribution in [0.1, 0.15) is 12.8 Å². The fourth-order valence-electron chi connectivity index (χ4n) is 2.05. The van der Waals surface area contributed by atoms with Gasteiger partial charge in [-0.3, -0.25) is 5.10 Å². The Morgan fingerprint density at radius 2 is 2.29 bits per heavy atom. The van der Waals surface area contributed by atoms with Gasteiger partial charge in [0.1, 0.15) is 12.1 Å². The second-order valence-corrected chi connectivity index (χ2v) is 4.04. The van der Waals surface area contributed by atoms with Crippen molar-refractivity contribution in [3.05, 3.63) is 12.5 Å². The number of aromatic amines is 1. The summed E-state index contributed by atoms with van der Waals surface area (Å²) < 4.78 is 0. The molecule has 17 heavy (non-hydrogen) atoms. The molecule has 3 rings (SSSR count). The number of halogens is 1. The predicted molar refractivity (Wildman–Crippen MR) is 68.4 cm³/mol. The van der Waals surface area contributed by atoms with Crippen molar-refractivity contribution in [2.75, 3.05) is 18.4 Å². The summed E-state index contributed by atoms with van der Waals surface area (Å²) >= 11 is 0. The highest BCUT2D eigenvalue weighted by molar-refractivity contribution is 5.85. The fourth-order valence-corrected chi connectivity index (χ4v) is 2.05. The first kappa shape index (κ1) is 12.1. The van der Waals surface area contributed by atoms with E-state index in [9.17, 15) is 0 Å². The van der Waals surface area contributed by atoms with Crippen LogP contribution in [-0.4, -0.2) is 39.3 Å². The molecule has 3 N–H and O–H groups in total. The molecule has 0 aromatic carbocycles. The highest BCUT2D eigenvalue weighted by atomic mass is 35.5. The van der Waals surface area contributed by atoms with Crippen LogP contribution < -0.4 is 10.6 Å². The average molecular weight is 255 g/mol. The van der Waals surface area contributed by atoms with E-state index < -0.39 is 0 Å². The lowest BCUT2D eigenvalue weighted by atomic mass is 10.1. The molecule has 2 aromatic rings. The van der Waals surface area contributed by atoms with Gasteiger partial charge in [0.15, 0.2) is 5.65 Å². The van der Waals surface area contributed by atoms with Gasteiger partial charge in [-0.25, -0.2) is 9.97 Å². The number of H-pyrrole nitrogens is 1. The number of fused-ring (bicyclic) bond motifs is 1. The Kier molecular flexibility index (Phi) is 3.75. The summed E-state index contributed by atoms with van der Waals surface area (Å²) in [4.78, 5) is 8.37. The summed E-state index contributed by atoms with van der Waals surface area (Å²) in [6.45, 7) is 2.10. The van der Waals surface area contributed by atoms with Gasteiger partial charge in [-0.15, -0.1) is 12.4 Å². The van der Waals surface area contributed by atoms with Gasteiger partial charge in [0, 0.05) is 12.6 Å². The summed E-state index contributed by atoms with van der Waals surface area (Å²) in [6, 6.07) is 0.446. The van der Waals surface area contributed by atoms with E-state index in [1.165, 1.54) is 12.8 Å². The van der Waals surface area contributed by atoms with Crippen LogP contribution >= 0.6 is 12.4 Å². The molecule has 1 atom stereocenters. The largest absolute Gasteiger partial charge is 0.365 e. The zero-order chi connectivity index (χ0) is 10.8. The van der Waals surface area contributed by atoms with Crippen molar-refractivity contribution in [1.29, 1.82) is 0 Å². The predicted octanol–water partition coefficient (Wildman–Crippen LogP) is 0.939. The van der Waals surface area contributed by atoms with Crippen molar-refractivity contribution >= 4 is 29.3 Å². The molecule has 0 aliphatic carbocycles. The second-order valence-electron chi connectivity index (χ2n) is 4.04. The molecule has 3 heterocycles. The zero-order valence-electron chi connectivity index (χ0n) is 9.31. The van der Waals surface area contributed by atoms with Gasteiger partial charge >= 0.3 is 0 Å². The van der Waals surface area contributed by atoms with Crippen molar-refractivity contribution in [2.45, 2.75) is 18.9 Å². The molecule has 6 nitrogen and oxygen atoms in total. The standard InChI is InChI=1S/C10H14N6.ClH/c1-2-7(4-11-3-1)15-9-8-5-14-16-10(8)13-6-12-9;/h5-7,11H,1-4H2,(H2,12,13,14,15,16);1H/t7-;/m1./s1. The first-order valence-electron chi connectivity index (χ1n) is 5.55. The van der Waals surface area contributed by atoms with E-state index in [-0.39, 0.29) is 12.4 Å². The number of piperidine rings is 1. The van der Waals surface area contributed by atoms with Crippen LogP contribution in [-0.2, 0) is 0 Å². The Labute approximate surface area is 105 Å². The van der Waals surface area contributed by atoms with E-state index >= 15 is 0 Å². The Morgan fingerprint density at radius 1 is 1.35 bits per heavy atom. The third-order valence-corrected chi connectivity index (χ3v) is 2.89. The minimum absolute atomic E-state index is 0. The first-order valence-corrected chi connectivity index (χ1v) is 5.55. The number of aromatic nitrogens is 4. The molecule has 7 heteroatoms.